The minimum atomic E-state index is -3.77. The first-order valence-corrected chi connectivity index (χ1v) is 9.95. The highest BCUT2D eigenvalue weighted by molar-refractivity contribution is 7.90. The largest absolute Gasteiger partial charge is 0.368 e. The molecule has 0 amide bonds. The molecule has 0 N–H and O–H groups in total. The van der Waals surface area contributed by atoms with Gasteiger partial charge in [-0.3, -0.25) is 0 Å². The Labute approximate surface area is 152 Å². The summed E-state index contributed by atoms with van der Waals surface area (Å²) in [7, 11) is -1.67. The van der Waals surface area contributed by atoms with Crippen LogP contribution in [-0.2, 0) is 10.0 Å². The second kappa shape index (κ2) is 6.41. The van der Waals surface area contributed by atoms with Crippen LogP contribution in [0.1, 0.15) is 0 Å². The summed E-state index contributed by atoms with van der Waals surface area (Å²) in [5.41, 5.74) is 1.68. The molecule has 3 aromatic rings. The third-order valence-electron chi connectivity index (χ3n) is 4.89. The predicted octanol–water partition coefficient (Wildman–Crippen LogP) is 2.77. The van der Waals surface area contributed by atoms with Gasteiger partial charge in [0, 0.05) is 43.4 Å². The molecule has 136 valence electrons. The van der Waals surface area contributed by atoms with E-state index < -0.39 is 15.8 Å². The van der Waals surface area contributed by atoms with Crippen molar-refractivity contribution in [2.24, 2.45) is 0 Å². The van der Waals surface area contributed by atoms with Gasteiger partial charge in [-0.15, -0.1) is 0 Å². The maximum atomic E-state index is 13.1. The molecule has 0 bridgehead atoms. The fraction of sp³-hybridized carbons (Fsp3) is 0.263. The van der Waals surface area contributed by atoms with Gasteiger partial charge in [-0.2, -0.15) is 0 Å². The molecule has 1 aliphatic rings. The van der Waals surface area contributed by atoms with Gasteiger partial charge in [0.05, 0.1) is 10.4 Å². The lowest BCUT2D eigenvalue weighted by Crippen LogP contribution is -2.44. The topological polar surface area (TPSA) is 45.5 Å². The van der Waals surface area contributed by atoms with Gasteiger partial charge >= 0.3 is 0 Å². The van der Waals surface area contributed by atoms with Crippen LogP contribution in [0.15, 0.2) is 59.6 Å². The molecule has 7 heteroatoms. The molecule has 0 unspecified atom stereocenters. The van der Waals surface area contributed by atoms with E-state index in [1.54, 1.807) is 12.3 Å². The molecule has 2 heterocycles. The number of likely N-dealkylation sites (N-methyl/N-ethyl adjacent to an activating group) is 1. The van der Waals surface area contributed by atoms with Crippen molar-refractivity contribution < 1.29 is 12.8 Å². The molecule has 26 heavy (non-hydrogen) atoms. The van der Waals surface area contributed by atoms with Gasteiger partial charge in [0.15, 0.2) is 0 Å². The minimum Gasteiger partial charge on any atom is -0.368 e. The van der Waals surface area contributed by atoms with Gasteiger partial charge in [-0.05, 0) is 49.5 Å². The molecule has 0 saturated carbocycles. The van der Waals surface area contributed by atoms with Gasteiger partial charge in [0.25, 0.3) is 10.0 Å². The van der Waals surface area contributed by atoms with E-state index in [1.165, 1.54) is 16.1 Å². The van der Waals surface area contributed by atoms with Crippen LogP contribution in [0.3, 0.4) is 0 Å². The number of fused-ring (bicyclic) bond motifs is 1. The highest BCUT2D eigenvalue weighted by Crippen LogP contribution is 2.30. The van der Waals surface area contributed by atoms with Crippen LogP contribution in [0.5, 0.6) is 0 Å². The monoisotopic (exact) mass is 373 g/mol. The lowest BCUT2D eigenvalue weighted by Gasteiger charge is -2.34. The van der Waals surface area contributed by atoms with Crippen LogP contribution >= 0.6 is 0 Å². The molecular weight excluding hydrogens is 353 g/mol. The molecule has 0 spiro atoms. The maximum absolute atomic E-state index is 13.1. The van der Waals surface area contributed by atoms with Crippen LogP contribution in [0, 0.1) is 5.82 Å². The third-order valence-corrected chi connectivity index (χ3v) is 6.59. The van der Waals surface area contributed by atoms with E-state index in [4.69, 9.17) is 0 Å². The summed E-state index contributed by atoms with van der Waals surface area (Å²) in [6.07, 6.45) is 1.57. The summed E-state index contributed by atoms with van der Waals surface area (Å²) < 4.78 is 40.4. The Bertz CT molecular complexity index is 1040. The summed E-state index contributed by atoms with van der Waals surface area (Å²) in [4.78, 5) is 4.64. The van der Waals surface area contributed by atoms with Crippen LogP contribution < -0.4 is 4.90 Å². The lowest BCUT2D eigenvalue weighted by molar-refractivity contribution is 0.313. The van der Waals surface area contributed by atoms with Crippen LogP contribution in [0.2, 0.25) is 0 Å². The Kier molecular flexibility index (Phi) is 4.20. The summed E-state index contributed by atoms with van der Waals surface area (Å²) in [5.74, 6) is -0.460. The Morgan fingerprint density at radius 3 is 2.31 bits per heavy atom. The number of aromatic nitrogens is 1. The van der Waals surface area contributed by atoms with Crippen molar-refractivity contribution >= 4 is 26.6 Å². The van der Waals surface area contributed by atoms with E-state index in [-0.39, 0.29) is 4.90 Å². The maximum Gasteiger partial charge on any atom is 0.268 e. The second-order valence-electron chi connectivity index (χ2n) is 6.57. The first-order chi connectivity index (χ1) is 12.5. The van der Waals surface area contributed by atoms with E-state index in [2.05, 4.69) is 16.8 Å². The zero-order valence-electron chi connectivity index (χ0n) is 14.5. The average molecular weight is 373 g/mol. The van der Waals surface area contributed by atoms with E-state index >= 15 is 0 Å². The van der Waals surface area contributed by atoms with E-state index in [0.29, 0.717) is 5.52 Å². The Balaban J connectivity index is 1.78. The minimum absolute atomic E-state index is 0.0707. The smallest absolute Gasteiger partial charge is 0.268 e. The van der Waals surface area contributed by atoms with Crippen LogP contribution in [-0.4, -0.2) is 50.5 Å². The van der Waals surface area contributed by atoms with Crippen molar-refractivity contribution in [3.8, 4) is 0 Å². The van der Waals surface area contributed by atoms with Crippen molar-refractivity contribution in [1.82, 2.24) is 8.87 Å². The molecule has 1 aliphatic heterocycles. The zero-order valence-corrected chi connectivity index (χ0v) is 15.3. The number of anilines is 1. The highest BCUT2D eigenvalue weighted by Gasteiger charge is 2.22. The number of hydrogen-bond acceptors (Lipinski definition) is 4. The molecule has 1 fully saturated rings. The van der Waals surface area contributed by atoms with Gasteiger partial charge in [0.2, 0.25) is 0 Å². The molecule has 0 atom stereocenters. The number of halogens is 1. The number of piperazine rings is 1. The highest BCUT2D eigenvalue weighted by atomic mass is 32.2. The van der Waals surface area contributed by atoms with Gasteiger partial charge in [-0.1, -0.05) is 6.07 Å². The van der Waals surface area contributed by atoms with Crippen molar-refractivity contribution in [2.75, 3.05) is 38.1 Å². The Hall–Kier alpha value is -2.38. The molecule has 2 aromatic carbocycles. The van der Waals surface area contributed by atoms with E-state index in [1.807, 2.05) is 18.2 Å². The van der Waals surface area contributed by atoms with Crippen molar-refractivity contribution in [1.29, 1.82) is 0 Å². The molecule has 0 aliphatic carbocycles. The molecule has 5 nitrogen and oxygen atoms in total. The SMILES string of the molecule is CN1CCN(c2cccc3c2ccn3S(=O)(=O)c2ccc(F)cc2)CC1. The standard InChI is InChI=1S/C19H20FN3O2S/c1-21-11-13-22(14-12-21)18-3-2-4-19-17(18)9-10-23(19)26(24,25)16-7-5-15(20)6-8-16/h2-10H,11-14H2,1H3. The van der Waals surface area contributed by atoms with Gasteiger partial charge in [0.1, 0.15) is 5.82 Å². The van der Waals surface area contributed by atoms with Crippen LogP contribution in [0.4, 0.5) is 10.1 Å². The number of nitrogens with zero attached hydrogens (tertiary/aromatic N) is 3. The molecule has 0 radical (unpaired) electrons. The normalized spacial score (nSPS) is 16.3. The molecule has 1 saturated heterocycles. The predicted molar refractivity (Wildman–Crippen MR) is 101 cm³/mol. The first-order valence-electron chi connectivity index (χ1n) is 8.51. The van der Waals surface area contributed by atoms with Crippen LogP contribution in [0.25, 0.3) is 10.9 Å². The Morgan fingerprint density at radius 1 is 0.923 bits per heavy atom. The quantitative estimate of drug-likeness (QED) is 0.708. The summed E-state index contributed by atoms with van der Waals surface area (Å²) in [5, 5.41) is 0.905. The third kappa shape index (κ3) is 2.87. The number of hydrogen-bond donors (Lipinski definition) is 0. The summed E-state index contributed by atoms with van der Waals surface area (Å²) in [6, 6.07) is 12.5. The fourth-order valence-corrected chi connectivity index (χ4v) is 4.73. The lowest BCUT2D eigenvalue weighted by atomic mass is 10.2. The summed E-state index contributed by atoms with van der Waals surface area (Å²) >= 11 is 0. The van der Waals surface area contributed by atoms with E-state index in [9.17, 15) is 12.8 Å². The van der Waals surface area contributed by atoms with Gasteiger partial charge in [-0.25, -0.2) is 16.8 Å². The van der Waals surface area contributed by atoms with E-state index in [0.717, 1.165) is 49.4 Å². The van der Waals surface area contributed by atoms with Crippen molar-refractivity contribution in [2.45, 2.75) is 4.90 Å². The zero-order chi connectivity index (χ0) is 18.3. The fourth-order valence-electron chi connectivity index (χ4n) is 3.38. The van der Waals surface area contributed by atoms with Crippen molar-refractivity contribution in [3.05, 3.63) is 60.5 Å². The second-order valence-corrected chi connectivity index (χ2v) is 8.39. The van der Waals surface area contributed by atoms with Gasteiger partial charge < -0.3 is 9.80 Å². The molecule has 4 rings (SSSR count). The number of benzene rings is 2. The first kappa shape index (κ1) is 17.1. The summed E-state index contributed by atoms with van der Waals surface area (Å²) in [6.45, 7) is 3.77. The average Bonchev–Trinajstić information content (AvgIpc) is 3.08. The molecule has 1 aromatic heterocycles. The van der Waals surface area contributed by atoms with Crippen molar-refractivity contribution in [3.63, 3.8) is 0 Å². The molecular formula is C19H20FN3O2S. The number of rotatable bonds is 3. The Morgan fingerprint density at radius 2 is 1.62 bits per heavy atom.